The Morgan fingerprint density at radius 3 is 2.75 bits per heavy atom. The first-order chi connectivity index (χ1) is 7.45. The largest absolute Gasteiger partial charge is 0.310 e. The molecule has 1 aliphatic rings. The maximum atomic E-state index is 12.2. The predicted molar refractivity (Wildman–Crippen MR) is 72.1 cm³/mol. The fourth-order valence-corrected chi connectivity index (χ4v) is 3.59. The zero-order valence-electron chi connectivity index (χ0n) is 9.58. The van der Waals surface area contributed by atoms with Gasteiger partial charge in [-0.3, -0.25) is 4.79 Å². The number of amides is 1. The van der Waals surface area contributed by atoms with E-state index in [1.807, 2.05) is 37.8 Å². The molecule has 86 valence electrons. The summed E-state index contributed by atoms with van der Waals surface area (Å²) in [6.07, 6.45) is 0. The van der Waals surface area contributed by atoms with Crippen molar-refractivity contribution < 1.29 is 4.79 Å². The third-order valence-corrected chi connectivity index (χ3v) is 4.38. The summed E-state index contributed by atoms with van der Waals surface area (Å²) in [5.41, 5.74) is 1.03. The fraction of sp³-hybridized carbons (Fsp3) is 0.417. The molecule has 0 atom stereocenters. The third-order valence-electron chi connectivity index (χ3n) is 2.65. The van der Waals surface area contributed by atoms with Crippen molar-refractivity contribution in [1.82, 2.24) is 0 Å². The van der Waals surface area contributed by atoms with Crippen LogP contribution in [0.5, 0.6) is 0 Å². The van der Waals surface area contributed by atoms with Crippen LogP contribution in [0.25, 0.3) is 0 Å². The SMILES string of the molecule is CCN1C(=O)C(C)(C)Sc2cc(Br)ccc21. The number of carbonyl (C=O) groups excluding carboxylic acids is 1. The topological polar surface area (TPSA) is 20.3 Å². The quantitative estimate of drug-likeness (QED) is 0.788. The number of anilines is 1. The van der Waals surface area contributed by atoms with Gasteiger partial charge < -0.3 is 4.90 Å². The summed E-state index contributed by atoms with van der Waals surface area (Å²) in [6.45, 7) is 6.69. The first kappa shape index (κ1) is 12.0. The normalized spacial score (nSPS) is 18.5. The third kappa shape index (κ3) is 1.89. The number of nitrogens with zero attached hydrogens (tertiary/aromatic N) is 1. The smallest absolute Gasteiger partial charge is 0.243 e. The number of halogens is 1. The summed E-state index contributed by atoms with van der Waals surface area (Å²) >= 11 is 5.10. The van der Waals surface area contributed by atoms with E-state index in [0.29, 0.717) is 0 Å². The summed E-state index contributed by atoms with van der Waals surface area (Å²) in [7, 11) is 0. The van der Waals surface area contributed by atoms with Crippen molar-refractivity contribution in [2.75, 3.05) is 11.4 Å². The second-order valence-electron chi connectivity index (χ2n) is 4.27. The molecule has 1 aromatic carbocycles. The fourth-order valence-electron chi connectivity index (χ4n) is 1.86. The van der Waals surface area contributed by atoms with E-state index in [1.165, 1.54) is 4.90 Å². The molecular formula is C12H14BrNOS. The highest BCUT2D eigenvalue weighted by molar-refractivity contribution is 9.10. The van der Waals surface area contributed by atoms with Gasteiger partial charge in [-0.15, -0.1) is 11.8 Å². The minimum atomic E-state index is -0.371. The van der Waals surface area contributed by atoms with Crippen molar-refractivity contribution in [2.45, 2.75) is 30.4 Å². The molecule has 2 nitrogen and oxygen atoms in total. The molecule has 0 radical (unpaired) electrons. The minimum absolute atomic E-state index is 0.190. The molecular weight excluding hydrogens is 286 g/mol. The molecule has 0 bridgehead atoms. The molecule has 0 aromatic heterocycles. The van der Waals surface area contributed by atoms with Gasteiger partial charge in [0.2, 0.25) is 5.91 Å². The number of hydrogen-bond acceptors (Lipinski definition) is 2. The summed E-state index contributed by atoms with van der Waals surface area (Å²) < 4.78 is 0.684. The minimum Gasteiger partial charge on any atom is -0.310 e. The van der Waals surface area contributed by atoms with Crippen LogP contribution in [-0.4, -0.2) is 17.2 Å². The summed E-state index contributed by atoms with van der Waals surface area (Å²) in [4.78, 5) is 15.2. The highest BCUT2D eigenvalue weighted by atomic mass is 79.9. The molecule has 0 unspecified atom stereocenters. The summed E-state index contributed by atoms with van der Waals surface area (Å²) in [5.74, 6) is 0.190. The van der Waals surface area contributed by atoms with Crippen molar-refractivity contribution in [3.63, 3.8) is 0 Å². The Morgan fingerprint density at radius 2 is 2.12 bits per heavy atom. The number of rotatable bonds is 1. The second kappa shape index (κ2) is 4.08. The van der Waals surface area contributed by atoms with Crippen molar-refractivity contribution in [3.8, 4) is 0 Å². The van der Waals surface area contributed by atoms with E-state index < -0.39 is 0 Å². The molecule has 0 N–H and O–H groups in total. The van der Waals surface area contributed by atoms with E-state index in [9.17, 15) is 4.79 Å². The molecule has 1 amide bonds. The first-order valence-electron chi connectivity index (χ1n) is 5.26. The van der Waals surface area contributed by atoms with E-state index in [-0.39, 0.29) is 10.7 Å². The van der Waals surface area contributed by atoms with Gasteiger partial charge in [-0.2, -0.15) is 0 Å². The average molecular weight is 300 g/mol. The lowest BCUT2D eigenvalue weighted by atomic mass is 10.1. The molecule has 1 aromatic rings. The van der Waals surface area contributed by atoms with Crippen molar-refractivity contribution in [1.29, 1.82) is 0 Å². The Balaban J connectivity index is 2.55. The first-order valence-corrected chi connectivity index (χ1v) is 6.87. The van der Waals surface area contributed by atoms with E-state index in [2.05, 4.69) is 22.0 Å². The predicted octanol–water partition coefficient (Wildman–Crippen LogP) is 3.69. The van der Waals surface area contributed by atoms with Gasteiger partial charge in [-0.05, 0) is 39.0 Å². The van der Waals surface area contributed by atoms with Crippen LogP contribution in [0.2, 0.25) is 0 Å². The van der Waals surface area contributed by atoms with Crippen LogP contribution in [-0.2, 0) is 4.79 Å². The van der Waals surface area contributed by atoms with Gasteiger partial charge in [-0.1, -0.05) is 15.9 Å². The molecule has 1 heterocycles. The van der Waals surface area contributed by atoms with Gasteiger partial charge >= 0.3 is 0 Å². The van der Waals surface area contributed by atoms with Crippen molar-refractivity contribution >= 4 is 39.3 Å². The maximum Gasteiger partial charge on any atom is 0.243 e. The zero-order valence-corrected chi connectivity index (χ0v) is 12.0. The second-order valence-corrected chi connectivity index (χ2v) is 6.85. The standard InChI is InChI=1S/C12H14BrNOS/c1-4-14-9-6-5-8(13)7-10(9)16-12(2,3)11(14)15/h5-7H,4H2,1-3H3. The van der Waals surface area contributed by atoms with Crippen LogP contribution in [0.1, 0.15) is 20.8 Å². The Labute approximate surface area is 109 Å². The van der Waals surface area contributed by atoms with Crippen LogP contribution in [0, 0.1) is 0 Å². The Morgan fingerprint density at radius 1 is 1.44 bits per heavy atom. The molecule has 0 saturated carbocycles. The van der Waals surface area contributed by atoms with Crippen LogP contribution in [0.3, 0.4) is 0 Å². The molecule has 4 heteroatoms. The van der Waals surface area contributed by atoms with Crippen molar-refractivity contribution in [3.05, 3.63) is 22.7 Å². The highest BCUT2D eigenvalue weighted by Gasteiger charge is 2.39. The van der Waals surface area contributed by atoms with Gasteiger partial charge in [0.05, 0.1) is 10.4 Å². The molecule has 0 saturated heterocycles. The number of thioether (sulfide) groups is 1. The van der Waals surface area contributed by atoms with Gasteiger partial charge in [0.1, 0.15) is 0 Å². The Hall–Kier alpha value is -0.480. The number of fused-ring (bicyclic) bond motifs is 1. The molecule has 0 spiro atoms. The van der Waals surface area contributed by atoms with Crippen LogP contribution in [0.4, 0.5) is 5.69 Å². The average Bonchev–Trinajstić information content (AvgIpc) is 2.20. The van der Waals surface area contributed by atoms with Gasteiger partial charge in [-0.25, -0.2) is 0 Å². The summed E-state index contributed by atoms with van der Waals surface area (Å²) in [5, 5.41) is 0. The van der Waals surface area contributed by atoms with E-state index in [0.717, 1.165) is 16.7 Å². The lowest BCUT2D eigenvalue weighted by Crippen LogP contribution is -2.46. The van der Waals surface area contributed by atoms with Gasteiger partial charge in [0, 0.05) is 15.9 Å². The summed E-state index contributed by atoms with van der Waals surface area (Å²) in [6, 6.07) is 6.06. The highest BCUT2D eigenvalue weighted by Crippen LogP contribution is 2.45. The lowest BCUT2D eigenvalue weighted by Gasteiger charge is -2.37. The van der Waals surface area contributed by atoms with E-state index >= 15 is 0 Å². The molecule has 16 heavy (non-hydrogen) atoms. The molecule has 1 aliphatic heterocycles. The molecule has 0 fully saturated rings. The van der Waals surface area contributed by atoms with Gasteiger partial charge in [0.25, 0.3) is 0 Å². The van der Waals surface area contributed by atoms with E-state index in [4.69, 9.17) is 0 Å². The molecule has 2 rings (SSSR count). The van der Waals surface area contributed by atoms with E-state index in [1.54, 1.807) is 11.8 Å². The Kier molecular flexibility index (Phi) is 3.05. The van der Waals surface area contributed by atoms with Crippen LogP contribution < -0.4 is 4.90 Å². The molecule has 0 aliphatic carbocycles. The maximum absolute atomic E-state index is 12.2. The Bertz CT molecular complexity index is 445. The van der Waals surface area contributed by atoms with Crippen LogP contribution >= 0.6 is 27.7 Å². The van der Waals surface area contributed by atoms with Crippen molar-refractivity contribution in [2.24, 2.45) is 0 Å². The lowest BCUT2D eigenvalue weighted by molar-refractivity contribution is -0.120. The number of benzene rings is 1. The van der Waals surface area contributed by atoms with Gasteiger partial charge in [0.15, 0.2) is 0 Å². The monoisotopic (exact) mass is 299 g/mol. The zero-order chi connectivity index (χ0) is 11.9. The number of carbonyl (C=O) groups is 1. The van der Waals surface area contributed by atoms with Crippen LogP contribution in [0.15, 0.2) is 27.6 Å². The number of hydrogen-bond donors (Lipinski definition) is 0.